The van der Waals surface area contributed by atoms with Gasteiger partial charge in [0.15, 0.2) is 12.4 Å². The van der Waals surface area contributed by atoms with Gasteiger partial charge in [0, 0.05) is 50.7 Å². The number of amides is 2. The lowest BCUT2D eigenvalue weighted by molar-refractivity contribution is -0.138. The number of hydrogen-bond donors (Lipinski definition) is 0. The molecule has 2 heterocycles. The van der Waals surface area contributed by atoms with Crippen molar-refractivity contribution in [3.63, 3.8) is 0 Å². The fourth-order valence-corrected chi connectivity index (χ4v) is 4.08. The highest BCUT2D eigenvalue weighted by Crippen LogP contribution is 2.17. The molecule has 1 aromatic carbocycles. The Balaban J connectivity index is 1.39. The first-order valence-corrected chi connectivity index (χ1v) is 11.0. The molecule has 0 saturated carbocycles. The molecule has 1 atom stereocenters. The molecule has 7 nitrogen and oxygen atoms in total. The van der Waals surface area contributed by atoms with Crippen molar-refractivity contribution >= 4 is 17.6 Å². The number of rotatable bonds is 7. The highest BCUT2D eigenvalue weighted by Gasteiger charge is 2.27. The zero-order valence-corrected chi connectivity index (χ0v) is 18.1. The predicted molar refractivity (Wildman–Crippen MR) is 115 cm³/mol. The van der Waals surface area contributed by atoms with Crippen LogP contribution in [0.2, 0.25) is 0 Å². The van der Waals surface area contributed by atoms with E-state index >= 15 is 0 Å². The summed E-state index contributed by atoms with van der Waals surface area (Å²) in [5.41, 5.74) is 0.654. The number of ketones is 1. The fraction of sp³-hybridized carbons (Fsp3) is 0.609. The maximum Gasteiger partial charge on any atom is 0.260 e. The van der Waals surface area contributed by atoms with Crippen molar-refractivity contribution in [2.45, 2.75) is 45.6 Å². The van der Waals surface area contributed by atoms with E-state index in [4.69, 9.17) is 4.74 Å². The number of piperazine rings is 1. The summed E-state index contributed by atoms with van der Waals surface area (Å²) in [4.78, 5) is 42.7. The van der Waals surface area contributed by atoms with Crippen LogP contribution < -0.4 is 4.74 Å². The van der Waals surface area contributed by atoms with E-state index in [1.165, 1.54) is 6.42 Å². The molecule has 1 aromatic rings. The van der Waals surface area contributed by atoms with Crippen LogP contribution in [0.1, 0.15) is 49.9 Å². The summed E-state index contributed by atoms with van der Waals surface area (Å²) in [5, 5.41) is 0. The van der Waals surface area contributed by atoms with Gasteiger partial charge in [0.1, 0.15) is 5.75 Å². The van der Waals surface area contributed by atoms with E-state index in [9.17, 15) is 14.4 Å². The monoisotopic (exact) mass is 415 g/mol. The number of piperidine rings is 1. The van der Waals surface area contributed by atoms with Crippen molar-refractivity contribution in [2.24, 2.45) is 0 Å². The van der Waals surface area contributed by atoms with Gasteiger partial charge in [-0.2, -0.15) is 0 Å². The molecule has 0 aliphatic carbocycles. The van der Waals surface area contributed by atoms with Gasteiger partial charge in [0.05, 0.1) is 6.54 Å². The number of Topliss-reactive ketones (excluding diaryl/α,β-unsaturated/α-hetero) is 1. The van der Waals surface area contributed by atoms with Crippen molar-refractivity contribution < 1.29 is 19.1 Å². The van der Waals surface area contributed by atoms with E-state index < -0.39 is 0 Å². The smallest absolute Gasteiger partial charge is 0.260 e. The Kier molecular flexibility index (Phi) is 7.85. The lowest BCUT2D eigenvalue weighted by Crippen LogP contribution is -2.53. The van der Waals surface area contributed by atoms with E-state index in [-0.39, 0.29) is 24.2 Å². The molecule has 2 amide bonds. The van der Waals surface area contributed by atoms with Crippen LogP contribution in [0, 0.1) is 0 Å². The van der Waals surface area contributed by atoms with Gasteiger partial charge in [-0.25, -0.2) is 0 Å². The Morgan fingerprint density at radius 1 is 0.967 bits per heavy atom. The summed E-state index contributed by atoms with van der Waals surface area (Å²) in [6.45, 7) is 7.85. The lowest BCUT2D eigenvalue weighted by atomic mass is 10.0. The fourth-order valence-electron chi connectivity index (χ4n) is 4.08. The highest BCUT2D eigenvalue weighted by molar-refractivity contribution is 5.95. The van der Waals surface area contributed by atoms with E-state index in [2.05, 4.69) is 11.8 Å². The number of benzene rings is 1. The van der Waals surface area contributed by atoms with Gasteiger partial charge in [-0.3, -0.25) is 19.3 Å². The number of ether oxygens (including phenoxy) is 1. The molecule has 2 fully saturated rings. The zero-order chi connectivity index (χ0) is 21.5. The predicted octanol–water partition coefficient (Wildman–Crippen LogP) is 2.20. The van der Waals surface area contributed by atoms with Crippen LogP contribution in [-0.4, -0.2) is 84.2 Å². The van der Waals surface area contributed by atoms with Gasteiger partial charge >= 0.3 is 0 Å². The molecule has 0 radical (unpaired) electrons. The van der Waals surface area contributed by atoms with E-state index in [0.717, 1.165) is 19.4 Å². The number of hydrogen-bond acceptors (Lipinski definition) is 5. The van der Waals surface area contributed by atoms with Gasteiger partial charge in [0.2, 0.25) is 5.91 Å². The second kappa shape index (κ2) is 10.6. The molecule has 1 unspecified atom stereocenters. The average molecular weight is 416 g/mol. The molecule has 164 valence electrons. The summed E-state index contributed by atoms with van der Waals surface area (Å²) in [6, 6.07) is 7.23. The first-order valence-electron chi connectivity index (χ1n) is 11.0. The van der Waals surface area contributed by atoms with Crippen LogP contribution in [0.15, 0.2) is 24.3 Å². The highest BCUT2D eigenvalue weighted by atomic mass is 16.5. The molecule has 0 aromatic heterocycles. The second-order valence-electron chi connectivity index (χ2n) is 8.18. The molecule has 3 rings (SSSR count). The third-order valence-electron chi connectivity index (χ3n) is 6.07. The van der Waals surface area contributed by atoms with Crippen LogP contribution in [0.4, 0.5) is 0 Å². The topological polar surface area (TPSA) is 70.2 Å². The largest absolute Gasteiger partial charge is 0.484 e. The molecule has 2 saturated heterocycles. The molecule has 2 aliphatic rings. The standard InChI is InChI=1S/C23H33N3O4/c1-3-21(27)19-7-9-20(10-8-19)30-17-23(29)25-14-12-24(13-15-25)16-22(28)26-11-5-4-6-18(26)2/h7-10,18H,3-6,11-17H2,1-2H3. The summed E-state index contributed by atoms with van der Waals surface area (Å²) in [5.74, 6) is 0.814. The third-order valence-corrected chi connectivity index (χ3v) is 6.07. The van der Waals surface area contributed by atoms with Crippen molar-refractivity contribution in [2.75, 3.05) is 45.9 Å². The van der Waals surface area contributed by atoms with Gasteiger partial charge < -0.3 is 14.5 Å². The van der Waals surface area contributed by atoms with Gasteiger partial charge in [0.25, 0.3) is 5.91 Å². The van der Waals surface area contributed by atoms with Crippen molar-refractivity contribution in [1.82, 2.24) is 14.7 Å². The molecule has 0 bridgehead atoms. The second-order valence-corrected chi connectivity index (χ2v) is 8.18. The Morgan fingerprint density at radius 3 is 2.30 bits per heavy atom. The Labute approximate surface area is 179 Å². The van der Waals surface area contributed by atoms with Crippen LogP contribution in [0.3, 0.4) is 0 Å². The Morgan fingerprint density at radius 2 is 1.67 bits per heavy atom. The minimum atomic E-state index is -0.0562. The van der Waals surface area contributed by atoms with Crippen LogP contribution in [-0.2, 0) is 9.59 Å². The van der Waals surface area contributed by atoms with Crippen LogP contribution >= 0.6 is 0 Å². The van der Waals surface area contributed by atoms with Crippen molar-refractivity contribution in [3.8, 4) is 5.75 Å². The maximum atomic E-state index is 12.6. The van der Waals surface area contributed by atoms with Crippen LogP contribution in [0.5, 0.6) is 5.75 Å². The minimum Gasteiger partial charge on any atom is -0.484 e. The van der Waals surface area contributed by atoms with E-state index in [1.54, 1.807) is 29.2 Å². The maximum absolute atomic E-state index is 12.6. The Hall–Kier alpha value is -2.41. The Bertz CT molecular complexity index is 741. The SMILES string of the molecule is CCC(=O)c1ccc(OCC(=O)N2CCN(CC(=O)N3CCCCC3C)CC2)cc1. The lowest BCUT2D eigenvalue weighted by Gasteiger charge is -2.38. The average Bonchev–Trinajstić information content (AvgIpc) is 2.78. The normalized spacial score (nSPS) is 20.1. The molecular formula is C23H33N3O4. The minimum absolute atomic E-state index is 0.0225. The summed E-state index contributed by atoms with van der Waals surface area (Å²) in [7, 11) is 0. The van der Waals surface area contributed by atoms with Gasteiger partial charge in [-0.15, -0.1) is 0 Å². The number of carbonyl (C=O) groups excluding carboxylic acids is 3. The number of likely N-dealkylation sites (tertiary alicyclic amines) is 1. The van der Waals surface area contributed by atoms with Gasteiger partial charge in [-0.05, 0) is 50.5 Å². The van der Waals surface area contributed by atoms with Crippen molar-refractivity contribution in [1.29, 1.82) is 0 Å². The van der Waals surface area contributed by atoms with Crippen molar-refractivity contribution in [3.05, 3.63) is 29.8 Å². The molecule has 2 aliphatic heterocycles. The first kappa shape index (κ1) is 22.3. The summed E-state index contributed by atoms with van der Waals surface area (Å²) in [6.07, 6.45) is 3.85. The zero-order valence-electron chi connectivity index (χ0n) is 18.1. The molecule has 30 heavy (non-hydrogen) atoms. The number of nitrogens with zero attached hydrogens (tertiary/aromatic N) is 3. The van der Waals surface area contributed by atoms with Gasteiger partial charge in [-0.1, -0.05) is 6.92 Å². The molecule has 0 spiro atoms. The first-order chi connectivity index (χ1) is 14.5. The molecule has 7 heteroatoms. The summed E-state index contributed by atoms with van der Waals surface area (Å²) >= 11 is 0. The molecular weight excluding hydrogens is 382 g/mol. The quantitative estimate of drug-likeness (QED) is 0.639. The van der Waals surface area contributed by atoms with E-state index in [1.807, 2.05) is 11.8 Å². The molecule has 0 N–H and O–H groups in total. The van der Waals surface area contributed by atoms with Crippen LogP contribution in [0.25, 0.3) is 0 Å². The third kappa shape index (κ3) is 5.81. The van der Waals surface area contributed by atoms with E-state index in [0.29, 0.717) is 56.5 Å². The summed E-state index contributed by atoms with van der Waals surface area (Å²) < 4.78 is 5.60. The number of carbonyl (C=O) groups is 3.